The Morgan fingerprint density at radius 2 is 1.81 bits per heavy atom. The molecule has 32 heavy (non-hydrogen) atoms. The van der Waals surface area contributed by atoms with Crippen LogP contribution in [-0.2, 0) is 4.79 Å². The van der Waals surface area contributed by atoms with Crippen LogP contribution in [0.1, 0.15) is 23.7 Å². The minimum absolute atomic E-state index is 0.146. The van der Waals surface area contributed by atoms with Gasteiger partial charge in [0.2, 0.25) is 0 Å². The molecule has 0 spiro atoms. The Bertz CT molecular complexity index is 1280. The standard InChI is InChI=1S/C24H21N5O3/c1-16-7-12-20(26-15-16)24(32)28-22-19(5-4-13-25-22)23(31)27-17-8-10-18(11-9-17)29-14-3-2-6-21(29)30/h2-6,8-16H,7H2,1H3,(H,27,31)(H,25,28,32). The molecule has 2 aromatic heterocycles. The molecule has 160 valence electrons. The number of nitrogens with zero attached hydrogens (tertiary/aromatic N) is 3. The Kier molecular flexibility index (Phi) is 6.03. The number of rotatable bonds is 5. The predicted molar refractivity (Wildman–Crippen MR) is 123 cm³/mol. The van der Waals surface area contributed by atoms with E-state index in [1.807, 2.05) is 6.92 Å². The zero-order valence-corrected chi connectivity index (χ0v) is 17.4. The summed E-state index contributed by atoms with van der Waals surface area (Å²) in [7, 11) is 0. The molecular weight excluding hydrogens is 406 g/mol. The van der Waals surface area contributed by atoms with Crippen molar-refractivity contribution in [3.05, 3.63) is 94.7 Å². The number of nitrogens with one attached hydrogen (secondary N) is 2. The minimum atomic E-state index is -0.423. The molecule has 2 N–H and O–H groups in total. The number of benzene rings is 1. The summed E-state index contributed by atoms with van der Waals surface area (Å²) in [6, 6.07) is 15.0. The van der Waals surface area contributed by atoms with E-state index >= 15 is 0 Å². The van der Waals surface area contributed by atoms with Crippen LogP contribution in [0.5, 0.6) is 0 Å². The van der Waals surface area contributed by atoms with E-state index in [9.17, 15) is 14.4 Å². The Labute approximate surface area is 184 Å². The number of pyridine rings is 2. The minimum Gasteiger partial charge on any atom is -0.322 e. The van der Waals surface area contributed by atoms with Crippen molar-refractivity contribution < 1.29 is 9.59 Å². The lowest BCUT2D eigenvalue weighted by Crippen LogP contribution is -2.21. The summed E-state index contributed by atoms with van der Waals surface area (Å²) in [4.78, 5) is 45.6. The molecule has 0 saturated carbocycles. The van der Waals surface area contributed by atoms with Gasteiger partial charge >= 0.3 is 0 Å². The van der Waals surface area contributed by atoms with Crippen LogP contribution in [0.15, 0.2) is 88.6 Å². The molecule has 3 aromatic rings. The summed E-state index contributed by atoms with van der Waals surface area (Å²) in [6.07, 6.45) is 7.40. The van der Waals surface area contributed by atoms with Gasteiger partial charge < -0.3 is 10.6 Å². The van der Waals surface area contributed by atoms with Gasteiger partial charge in [-0.2, -0.15) is 0 Å². The number of carbonyl (C=O) groups is 2. The molecule has 2 amide bonds. The Hall–Kier alpha value is -4.33. The summed E-state index contributed by atoms with van der Waals surface area (Å²) < 4.78 is 1.50. The average molecular weight is 427 g/mol. The lowest BCUT2D eigenvalue weighted by atomic mass is 10.1. The highest BCUT2D eigenvalue weighted by Crippen LogP contribution is 2.19. The lowest BCUT2D eigenvalue weighted by Gasteiger charge is -2.13. The van der Waals surface area contributed by atoms with Gasteiger partial charge in [-0.15, -0.1) is 0 Å². The van der Waals surface area contributed by atoms with Crippen LogP contribution in [0.3, 0.4) is 0 Å². The van der Waals surface area contributed by atoms with Gasteiger partial charge in [0, 0.05) is 36.0 Å². The number of hydrogen-bond donors (Lipinski definition) is 2. The van der Waals surface area contributed by atoms with Gasteiger partial charge in [0.05, 0.1) is 5.56 Å². The fourth-order valence-electron chi connectivity index (χ4n) is 3.17. The topological polar surface area (TPSA) is 105 Å². The molecule has 0 aliphatic carbocycles. The van der Waals surface area contributed by atoms with E-state index in [0.717, 1.165) is 6.42 Å². The van der Waals surface area contributed by atoms with Gasteiger partial charge in [0.25, 0.3) is 17.4 Å². The van der Waals surface area contributed by atoms with Crippen LogP contribution in [0.2, 0.25) is 0 Å². The summed E-state index contributed by atoms with van der Waals surface area (Å²) in [5, 5.41) is 5.46. The molecule has 1 aromatic carbocycles. The fourth-order valence-corrected chi connectivity index (χ4v) is 3.17. The molecule has 0 radical (unpaired) electrons. The summed E-state index contributed by atoms with van der Waals surface area (Å²) >= 11 is 0. The third-order valence-corrected chi connectivity index (χ3v) is 4.89. The Balaban J connectivity index is 1.48. The monoisotopic (exact) mass is 427 g/mol. The third kappa shape index (κ3) is 4.70. The van der Waals surface area contributed by atoms with Crippen molar-refractivity contribution in [3.63, 3.8) is 0 Å². The normalized spacial score (nSPS) is 15.0. The van der Waals surface area contributed by atoms with E-state index in [0.29, 0.717) is 17.1 Å². The van der Waals surface area contributed by atoms with Crippen LogP contribution in [0.4, 0.5) is 11.5 Å². The number of amides is 2. The van der Waals surface area contributed by atoms with Crippen LogP contribution in [0, 0.1) is 5.92 Å². The average Bonchev–Trinajstić information content (AvgIpc) is 2.81. The van der Waals surface area contributed by atoms with Gasteiger partial charge in [0.1, 0.15) is 11.5 Å². The maximum Gasteiger partial charge on any atom is 0.275 e. The van der Waals surface area contributed by atoms with Gasteiger partial charge in [-0.25, -0.2) is 4.98 Å². The van der Waals surface area contributed by atoms with Crippen molar-refractivity contribution in [2.75, 3.05) is 10.6 Å². The molecule has 8 nitrogen and oxygen atoms in total. The largest absolute Gasteiger partial charge is 0.322 e. The van der Waals surface area contributed by atoms with E-state index in [1.54, 1.807) is 67.0 Å². The first-order chi connectivity index (χ1) is 15.5. The molecule has 1 aliphatic heterocycles. The maximum absolute atomic E-state index is 12.8. The van der Waals surface area contributed by atoms with E-state index in [4.69, 9.17) is 0 Å². The van der Waals surface area contributed by atoms with Crippen molar-refractivity contribution in [1.29, 1.82) is 0 Å². The zero-order valence-electron chi connectivity index (χ0n) is 17.4. The lowest BCUT2D eigenvalue weighted by molar-refractivity contribution is -0.112. The van der Waals surface area contributed by atoms with Crippen LogP contribution in [0.25, 0.3) is 5.69 Å². The maximum atomic E-state index is 12.8. The Morgan fingerprint density at radius 3 is 2.53 bits per heavy atom. The second-order valence-electron chi connectivity index (χ2n) is 7.34. The number of aromatic nitrogens is 2. The van der Waals surface area contributed by atoms with Crippen LogP contribution in [-0.4, -0.2) is 27.6 Å². The first-order valence-electron chi connectivity index (χ1n) is 10.1. The molecule has 0 bridgehead atoms. The van der Waals surface area contributed by atoms with Crippen LogP contribution >= 0.6 is 0 Å². The smallest absolute Gasteiger partial charge is 0.275 e. The predicted octanol–water partition coefficient (Wildman–Crippen LogP) is 3.42. The second kappa shape index (κ2) is 9.22. The summed E-state index contributed by atoms with van der Waals surface area (Å²) in [5.74, 6) is -0.404. The number of carbonyl (C=O) groups excluding carboxylic acids is 2. The van der Waals surface area contributed by atoms with Crippen molar-refractivity contribution in [3.8, 4) is 5.69 Å². The quantitative estimate of drug-likeness (QED) is 0.651. The van der Waals surface area contributed by atoms with Crippen molar-refractivity contribution in [2.45, 2.75) is 13.3 Å². The Morgan fingerprint density at radius 1 is 1.00 bits per heavy atom. The summed E-state index contributed by atoms with van der Waals surface area (Å²) in [6.45, 7) is 2.01. The highest BCUT2D eigenvalue weighted by Gasteiger charge is 2.18. The number of hydrogen-bond acceptors (Lipinski definition) is 5. The molecule has 8 heteroatoms. The highest BCUT2D eigenvalue weighted by molar-refractivity contribution is 6.11. The van der Waals surface area contributed by atoms with Gasteiger partial charge in [-0.1, -0.05) is 19.1 Å². The van der Waals surface area contributed by atoms with E-state index < -0.39 is 11.8 Å². The van der Waals surface area contributed by atoms with E-state index in [2.05, 4.69) is 20.6 Å². The SMILES string of the molecule is CC1C=NC(C(=O)Nc2ncccc2C(=O)Nc2ccc(-n3ccccc3=O)cc2)=CC1. The first-order valence-corrected chi connectivity index (χ1v) is 10.1. The first kappa shape index (κ1) is 20.9. The molecule has 1 atom stereocenters. The fraction of sp³-hybridized carbons (Fsp3) is 0.125. The van der Waals surface area contributed by atoms with Gasteiger partial charge in [0.15, 0.2) is 0 Å². The van der Waals surface area contributed by atoms with E-state index in [-0.39, 0.29) is 22.9 Å². The zero-order chi connectivity index (χ0) is 22.5. The van der Waals surface area contributed by atoms with Crippen molar-refractivity contribution in [1.82, 2.24) is 9.55 Å². The highest BCUT2D eigenvalue weighted by atomic mass is 16.2. The molecule has 3 heterocycles. The third-order valence-electron chi connectivity index (χ3n) is 4.89. The molecule has 4 rings (SSSR count). The molecule has 1 aliphatic rings. The molecule has 0 fully saturated rings. The van der Waals surface area contributed by atoms with Crippen molar-refractivity contribution in [2.24, 2.45) is 10.9 Å². The number of allylic oxidation sites excluding steroid dienone is 1. The second-order valence-corrected chi connectivity index (χ2v) is 7.34. The molecular formula is C24H21N5O3. The number of anilines is 2. The van der Waals surface area contributed by atoms with Gasteiger partial charge in [-0.3, -0.25) is 23.9 Å². The van der Waals surface area contributed by atoms with E-state index in [1.165, 1.54) is 16.8 Å². The molecule has 0 saturated heterocycles. The van der Waals surface area contributed by atoms with Crippen LogP contribution < -0.4 is 16.2 Å². The van der Waals surface area contributed by atoms with Crippen molar-refractivity contribution >= 4 is 29.5 Å². The summed E-state index contributed by atoms with van der Waals surface area (Å²) in [5.41, 5.74) is 1.59. The van der Waals surface area contributed by atoms with Gasteiger partial charge in [-0.05, 0) is 54.8 Å². The molecule has 1 unspecified atom stereocenters. The number of aliphatic imine (C=N–C) groups is 1.